The number of rotatable bonds is 5. The van der Waals surface area contributed by atoms with Crippen molar-refractivity contribution in [3.05, 3.63) is 81.4 Å². The van der Waals surface area contributed by atoms with Crippen LogP contribution in [-0.4, -0.2) is 62.2 Å². The average Bonchev–Trinajstić information content (AvgIpc) is 3.69. The molecule has 2 N–H and O–H groups in total. The maximum Gasteiger partial charge on any atom is 0.271 e. The number of carbonyl (C=O) groups excluding carboxylic acids is 1. The van der Waals surface area contributed by atoms with E-state index in [4.69, 9.17) is 0 Å². The number of hydrogen-bond acceptors (Lipinski definition) is 5. The molecule has 1 saturated heterocycles. The summed E-state index contributed by atoms with van der Waals surface area (Å²) in [6.45, 7) is 1.56. The molecule has 6 rings (SSSR count). The lowest BCUT2D eigenvalue weighted by Crippen LogP contribution is -2.52. The number of aromatic nitrogens is 2. The first-order chi connectivity index (χ1) is 17.4. The second-order valence-corrected chi connectivity index (χ2v) is 10.1. The monoisotopic (exact) mass is 489 g/mol. The number of H-pyrrole nitrogens is 1. The van der Waals surface area contributed by atoms with Crippen molar-refractivity contribution in [3.8, 4) is 5.69 Å². The first kappa shape index (κ1) is 22.7. The van der Waals surface area contributed by atoms with Gasteiger partial charge in [0.15, 0.2) is 5.82 Å². The lowest BCUT2D eigenvalue weighted by atomic mass is 9.90. The van der Waals surface area contributed by atoms with Gasteiger partial charge in [0.25, 0.3) is 11.5 Å². The molecule has 2 fully saturated rings. The second-order valence-electron chi connectivity index (χ2n) is 10.1. The van der Waals surface area contributed by atoms with Gasteiger partial charge in [-0.1, -0.05) is 12.1 Å². The van der Waals surface area contributed by atoms with Gasteiger partial charge in [-0.2, -0.15) is 0 Å². The number of aromatic amines is 1. The van der Waals surface area contributed by atoms with E-state index in [1.165, 1.54) is 30.5 Å². The van der Waals surface area contributed by atoms with Crippen LogP contribution in [0.4, 0.5) is 10.2 Å². The molecule has 9 heteroatoms. The van der Waals surface area contributed by atoms with Crippen LogP contribution in [0.15, 0.2) is 58.3 Å². The minimum Gasteiger partial charge on any atom is -0.388 e. The Hall–Kier alpha value is -3.72. The summed E-state index contributed by atoms with van der Waals surface area (Å²) in [5, 5.41) is 14.0. The number of halogens is 1. The minimum atomic E-state index is -0.984. The molecule has 3 aliphatic rings. The first-order valence-electron chi connectivity index (χ1n) is 12.4. The molecule has 8 nitrogen and oxygen atoms in total. The van der Waals surface area contributed by atoms with Gasteiger partial charge in [-0.15, -0.1) is 0 Å². The van der Waals surface area contributed by atoms with Crippen LogP contribution < -0.4 is 5.56 Å². The van der Waals surface area contributed by atoms with Gasteiger partial charge in [-0.25, -0.2) is 14.1 Å². The van der Waals surface area contributed by atoms with Gasteiger partial charge in [0, 0.05) is 25.2 Å². The molecule has 2 aromatic carbocycles. The number of aliphatic hydroxyl groups is 1. The molecule has 0 radical (unpaired) electrons. The van der Waals surface area contributed by atoms with Crippen molar-refractivity contribution in [1.82, 2.24) is 19.6 Å². The van der Waals surface area contributed by atoms with E-state index in [9.17, 15) is 19.1 Å². The molecule has 0 bridgehead atoms. The highest BCUT2D eigenvalue weighted by atomic mass is 19.1. The predicted molar refractivity (Wildman–Crippen MR) is 133 cm³/mol. The molecule has 36 heavy (non-hydrogen) atoms. The number of aliphatic imine (C=N–C) groups is 1. The van der Waals surface area contributed by atoms with Gasteiger partial charge < -0.3 is 14.9 Å². The zero-order valence-corrected chi connectivity index (χ0v) is 19.9. The summed E-state index contributed by atoms with van der Waals surface area (Å²) in [5.41, 5.74) is 1.84. The molecule has 1 amide bonds. The molecule has 0 unspecified atom stereocenters. The zero-order valence-electron chi connectivity index (χ0n) is 19.9. The van der Waals surface area contributed by atoms with Crippen LogP contribution in [0.1, 0.15) is 53.1 Å². The number of β-amino-alcohol motifs (C(OH)–C–C–N with tert-alkyl or cyclic N) is 1. The maximum atomic E-state index is 13.3. The largest absolute Gasteiger partial charge is 0.388 e. The number of amides is 1. The Labute approximate surface area is 207 Å². The zero-order chi connectivity index (χ0) is 24.9. The summed E-state index contributed by atoms with van der Waals surface area (Å²) >= 11 is 0. The molecule has 1 aromatic heterocycles. The van der Waals surface area contributed by atoms with E-state index in [2.05, 4.69) is 22.2 Å². The first-order valence-corrected chi connectivity index (χ1v) is 12.4. The number of benzene rings is 2. The number of carbonyl (C=O) groups is 1. The van der Waals surface area contributed by atoms with Gasteiger partial charge in [0.05, 0.1) is 29.7 Å². The predicted octanol–water partition coefficient (Wildman–Crippen LogP) is 3.32. The van der Waals surface area contributed by atoms with Crippen LogP contribution >= 0.6 is 0 Å². The van der Waals surface area contributed by atoms with Gasteiger partial charge >= 0.3 is 0 Å². The van der Waals surface area contributed by atoms with Crippen LogP contribution in [-0.2, 0) is 6.54 Å². The molecular formula is C27H28FN5O3. The molecule has 2 aliphatic heterocycles. The summed E-state index contributed by atoms with van der Waals surface area (Å²) in [6.07, 6.45) is 4.99. The van der Waals surface area contributed by atoms with Crippen LogP contribution in [0.25, 0.3) is 5.69 Å². The lowest BCUT2D eigenvalue weighted by Gasteiger charge is -2.41. The summed E-state index contributed by atoms with van der Waals surface area (Å²) in [6, 6.07) is 13.7. The number of likely N-dealkylation sites (tertiary alicyclic amines) is 1. The number of hydrogen-bond donors (Lipinski definition) is 2. The second kappa shape index (κ2) is 8.74. The molecule has 186 valence electrons. The maximum absolute atomic E-state index is 13.3. The standard InChI is InChI=1S/C27H28FN5O3/c28-21-7-9-22(10-8-21)33-24-23(25(34)30-33)15-31(17-29-24)16-27(36)11-13-32(14-12-27)26(35)20-5-3-19(4-6-20)18-1-2-18/h3-10,17-18,36H,1-2,11-16H2,(H,30,34). The Kier molecular flexibility index (Phi) is 5.52. The van der Waals surface area contributed by atoms with E-state index in [0.717, 1.165) is 0 Å². The SMILES string of the molecule is O=C(c1ccc(C2CC2)cc1)N1CCC(O)(CN2C=Nc3c(c(=O)[nH]n3-c3ccc(F)cc3)C2)CC1. The summed E-state index contributed by atoms with van der Waals surface area (Å²) in [7, 11) is 0. The van der Waals surface area contributed by atoms with Crippen LogP contribution in [0, 0.1) is 5.82 Å². The number of nitrogens with one attached hydrogen (secondary N) is 1. The quantitative estimate of drug-likeness (QED) is 0.575. The normalized spacial score (nSPS) is 18.8. The Morgan fingerprint density at radius 2 is 1.78 bits per heavy atom. The van der Waals surface area contributed by atoms with E-state index < -0.39 is 5.60 Å². The van der Waals surface area contributed by atoms with E-state index >= 15 is 0 Å². The smallest absolute Gasteiger partial charge is 0.271 e. The molecule has 0 atom stereocenters. The topological polar surface area (TPSA) is 93.9 Å². The molecule has 1 aliphatic carbocycles. The molecule has 3 heterocycles. The highest BCUT2D eigenvalue weighted by molar-refractivity contribution is 5.94. The Bertz CT molecular complexity index is 1360. The Morgan fingerprint density at radius 1 is 1.08 bits per heavy atom. The van der Waals surface area contributed by atoms with Crippen molar-refractivity contribution < 1.29 is 14.3 Å². The molecule has 3 aromatic rings. The summed E-state index contributed by atoms with van der Waals surface area (Å²) < 4.78 is 14.8. The average molecular weight is 490 g/mol. The highest BCUT2D eigenvalue weighted by Crippen LogP contribution is 2.40. The Balaban J connectivity index is 1.09. The van der Waals surface area contributed by atoms with Gasteiger partial charge in [-0.3, -0.25) is 14.7 Å². The van der Waals surface area contributed by atoms with Crippen molar-refractivity contribution in [3.63, 3.8) is 0 Å². The highest BCUT2D eigenvalue weighted by Gasteiger charge is 2.36. The van der Waals surface area contributed by atoms with E-state index in [0.29, 0.717) is 67.6 Å². The fourth-order valence-corrected chi connectivity index (χ4v) is 5.15. The number of nitrogens with zero attached hydrogens (tertiary/aromatic N) is 4. The van der Waals surface area contributed by atoms with Crippen molar-refractivity contribution in [1.29, 1.82) is 0 Å². The third kappa shape index (κ3) is 4.35. The third-order valence-corrected chi connectivity index (χ3v) is 7.44. The van der Waals surface area contributed by atoms with Crippen LogP contribution in [0.3, 0.4) is 0 Å². The number of fused-ring (bicyclic) bond motifs is 1. The van der Waals surface area contributed by atoms with E-state index in [1.807, 2.05) is 17.0 Å². The van der Waals surface area contributed by atoms with Crippen LogP contribution in [0.5, 0.6) is 0 Å². The Morgan fingerprint density at radius 3 is 2.44 bits per heavy atom. The van der Waals surface area contributed by atoms with E-state index in [1.54, 1.807) is 28.1 Å². The number of piperidine rings is 1. The van der Waals surface area contributed by atoms with Gasteiger partial charge in [-0.05, 0) is 73.6 Å². The van der Waals surface area contributed by atoms with Crippen molar-refractivity contribution >= 4 is 18.1 Å². The van der Waals surface area contributed by atoms with E-state index in [-0.39, 0.29) is 17.3 Å². The van der Waals surface area contributed by atoms with Gasteiger partial charge in [0.1, 0.15) is 5.82 Å². The fourth-order valence-electron chi connectivity index (χ4n) is 5.15. The van der Waals surface area contributed by atoms with Crippen LogP contribution in [0.2, 0.25) is 0 Å². The molecule has 0 spiro atoms. The molecular weight excluding hydrogens is 461 g/mol. The fraction of sp³-hybridized carbons (Fsp3) is 0.370. The summed E-state index contributed by atoms with van der Waals surface area (Å²) in [5.74, 6) is 0.773. The molecule has 1 saturated carbocycles. The van der Waals surface area contributed by atoms with Gasteiger partial charge in [0.2, 0.25) is 0 Å². The minimum absolute atomic E-state index is 0.00255. The third-order valence-electron chi connectivity index (χ3n) is 7.44. The summed E-state index contributed by atoms with van der Waals surface area (Å²) in [4.78, 5) is 33.7. The lowest BCUT2D eigenvalue weighted by molar-refractivity contribution is -0.0302. The van der Waals surface area contributed by atoms with Crippen molar-refractivity contribution in [2.24, 2.45) is 4.99 Å². The van der Waals surface area contributed by atoms with Crippen molar-refractivity contribution in [2.45, 2.75) is 43.7 Å². The van der Waals surface area contributed by atoms with Crippen molar-refractivity contribution in [2.75, 3.05) is 19.6 Å².